The second kappa shape index (κ2) is 11.8. The molecule has 1 fully saturated rings. The monoisotopic (exact) mass is 561 g/mol. The molecule has 0 saturated carbocycles. The lowest BCUT2D eigenvalue weighted by Gasteiger charge is -2.22. The van der Waals surface area contributed by atoms with E-state index < -0.39 is 17.7 Å². The van der Waals surface area contributed by atoms with Crippen molar-refractivity contribution in [3.8, 4) is 5.75 Å². The molecular formula is C29H24FN3O4S2. The van der Waals surface area contributed by atoms with Gasteiger partial charge < -0.3 is 9.84 Å². The van der Waals surface area contributed by atoms with E-state index in [1.807, 2.05) is 13.0 Å². The fourth-order valence-electron chi connectivity index (χ4n) is 4.15. The van der Waals surface area contributed by atoms with Crippen LogP contribution >= 0.6 is 23.1 Å². The van der Waals surface area contributed by atoms with E-state index in [0.717, 1.165) is 12.0 Å². The van der Waals surface area contributed by atoms with Crippen LogP contribution in [0.5, 0.6) is 5.75 Å². The van der Waals surface area contributed by atoms with Crippen molar-refractivity contribution in [1.82, 2.24) is 10.2 Å². The normalized spacial score (nSPS) is 16.6. The smallest absolute Gasteiger partial charge is 0.301 e. The van der Waals surface area contributed by atoms with Gasteiger partial charge in [-0.05, 0) is 53.9 Å². The number of aliphatic hydroxyl groups excluding tert-OH is 1. The molecule has 3 aromatic carbocycles. The fraction of sp³-hybridized carbons (Fsp3) is 0.172. The van der Waals surface area contributed by atoms with Crippen molar-refractivity contribution >= 4 is 45.7 Å². The number of anilines is 1. The highest BCUT2D eigenvalue weighted by Gasteiger charge is 2.48. The van der Waals surface area contributed by atoms with E-state index in [1.165, 1.54) is 40.1 Å². The number of amides is 1. The number of rotatable bonds is 9. The number of Topliss-reactive ketones (excluding diaryl/α,β-unsaturated/α-hetero) is 1. The first-order valence-corrected chi connectivity index (χ1v) is 14.1. The van der Waals surface area contributed by atoms with Crippen LogP contribution in [0.1, 0.15) is 36.1 Å². The Morgan fingerprint density at radius 3 is 2.44 bits per heavy atom. The minimum absolute atomic E-state index is 0.0239. The van der Waals surface area contributed by atoms with Crippen LogP contribution in [0.2, 0.25) is 0 Å². The Morgan fingerprint density at radius 2 is 1.74 bits per heavy atom. The van der Waals surface area contributed by atoms with Gasteiger partial charge in [0.25, 0.3) is 5.78 Å². The minimum atomic E-state index is -0.884. The standard InChI is InChI=1S/C29H24FN3O4S2/c1-2-16-37-22-14-10-20(11-15-22)25(34)23-24(19-6-4-3-5-7-19)33(27(36)26(23)35)28-31-32-29(39-28)38-17-18-8-12-21(30)13-9-18/h3-15,24,34H,2,16-17H2,1H3/b25-23-. The van der Waals surface area contributed by atoms with Crippen molar-refractivity contribution in [2.75, 3.05) is 11.5 Å². The predicted octanol–water partition coefficient (Wildman–Crippen LogP) is 6.38. The molecule has 2 heterocycles. The summed E-state index contributed by atoms with van der Waals surface area (Å²) in [6.07, 6.45) is 0.861. The zero-order chi connectivity index (χ0) is 27.4. The highest BCUT2D eigenvalue weighted by Crippen LogP contribution is 2.44. The Balaban J connectivity index is 1.48. The van der Waals surface area contributed by atoms with Crippen molar-refractivity contribution in [3.05, 3.63) is 107 Å². The lowest BCUT2D eigenvalue weighted by Crippen LogP contribution is -2.29. The van der Waals surface area contributed by atoms with Crippen molar-refractivity contribution in [2.24, 2.45) is 0 Å². The van der Waals surface area contributed by atoms with Crippen molar-refractivity contribution < 1.29 is 23.8 Å². The van der Waals surface area contributed by atoms with E-state index in [2.05, 4.69) is 10.2 Å². The van der Waals surface area contributed by atoms with E-state index in [1.54, 1.807) is 60.7 Å². The molecule has 10 heteroatoms. The molecule has 1 amide bonds. The number of aromatic nitrogens is 2. The van der Waals surface area contributed by atoms with Gasteiger partial charge in [-0.25, -0.2) is 4.39 Å². The number of halogens is 1. The lowest BCUT2D eigenvalue weighted by atomic mass is 9.95. The number of hydrogen-bond donors (Lipinski definition) is 1. The first kappa shape index (κ1) is 26.6. The Morgan fingerprint density at radius 1 is 1.03 bits per heavy atom. The van der Waals surface area contributed by atoms with Gasteiger partial charge in [-0.3, -0.25) is 14.5 Å². The number of hydrogen-bond acceptors (Lipinski definition) is 8. The summed E-state index contributed by atoms with van der Waals surface area (Å²) < 4.78 is 19.4. The summed E-state index contributed by atoms with van der Waals surface area (Å²) in [5, 5.41) is 19.9. The number of aliphatic hydroxyl groups is 1. The van der Waals surface area contributed by atoms with E-state index in [0.29, 0.717) is 33.6 Å². The maximum atomic E-state index is 13.3. The topological polar surface area (TPSA) is 92.6 Å². The molecule has 1 saturated heterocycles. The van der Waals surface area contributed by atoms with Crippen LogP contribution in [-0.2, 0) is 15.3 Å². The van der Waals surface area contributed by atoms with E-state index in [9.17, 15) is 19.1 Å². The molecule has 198 valence electrons. The van der Waals surface area contributed by atoms with Crippen LogP contribution in [0.15, 0.2) is 88.8 Å². The Hall–Kier alpha value is -4.02. The molecular weight excluding hydrogens is 537 g/mol. The molecule has 0 radical (unpaired) electrons. The van der Waals surface area contributed by atoms with Gasteiger partial charge >= 0.3 is 5.91 Å². The number of ether oxygens (including phenoxy) is 1. The summed E-state index contributed by atoms with van der Waals surface area (Å²) in [6.45, 7) is 2.57. The van der Waals surface area contributed by atoms with Gasteiger partial charge in [-0.1, -0.05) is 72.5 Å². The number of ketones is 1. The molecule has 0 aliphatic carbocycles. The third-order valence-corrected chi connectivity index (χ3v) is 8.16. The number of carbonyl (C=O) groups excluding carboxylic acids is 2. The van der Waals surface area contributed by atoms with Crippen LogP contribution < -0.4 is 9.64 Å². The van der Waals surface area contributed by atoms with Crippen LogP contribution in [0, 0.1) is 5.82 Å². The van der Waals surface area contributed by atoms with Crippen LogP contribution in [-0.4, -0.2) is 33.6 Å². The molecule has 1 aliphatic heterocycles. The van der Waals surface area contributed by atoms with Gasteiger partial charge in [0.2, 0.25) is 5.13 Å². The van der Waals surface area contributed by atoms with Gasteiger partial charge in [0.05, 0.1) is 18.2 Å². The Kier molecular flexibility index (Phi) is 8.04. The second-order valence-corrected chi connectivity index (χ2v) is 10.9. The van der Waals surface area contributed by atoms with E-state index in [4.69, 9.17) is 4.74 Å². The summed E-state index contributed by atoms with van der Waals surface area (Å²) >= 11 is 2.57. The molecule has 0 bridgehead atoms. The SMILES string of the molecule is CCCOc1ccc(/C(O)=C2/C(=O)C(=O)N(c3nnc(SCc4ccc(F)cc4)s3)C2c2ccccc2)cc1. The molecule has 0 spiro atoms. The van der Waals surface area contributed by atoms with Gasteiger partial charge in [0, 0.05) is 11.3 Å². The summed E-state index contributed by atoms with van der Waals surface area (Å²) in [7, 11) is 0. The zero-order valence-electron chi connectivity index (χ0n) is 20.9. The summed E-state index contributed by atoms with van der Waals surface area (Å²) in [4.78, 5) is 28.0. The van der Waals surface area contributed by atoms with Gasteiger partial charge in [0.15, 0.2) is 4.34 Å². The first-order chi connectivity index (χ1) is 19.0. The quantitative estimate of drug-likeness (QED) is 0.0833. The maximum Gasteiger partial charge on any atom is 0.301 e. The van der Waals surface area contributed by atoms with Crippen molar-refractivity contribution in [2.45, 2.75) is 29.5 Å². The molecule has 1 atom stereocenters. The highest BCUT2D eigenvalue weighted by molar-refractivity contribution is 8.00. The third-order valence-electron chi connectivity index (χ3n) is 6.04. The summed E-state index contributed by atoms with van der Waals surface area (Å²) in [5.74, 6) is -0.995. The summed E-state index contributed by atoms with van der Waals surface area (Å²) in [5.41, 5.74) is 1.93. The number of nitrogens with zero attached hydrogens (tertiary/aromatic N) is 3. The molecule has 39 heavy (non-hydrogen) atoms. The van der Waals surface area contributed by atoms with Crippen molar-refractivity contribution in [3.63, 3.8) is 0 Å². The molecule has 5 rings (SSSR count). The van der Waals surface area contributed by atoms with Crippen molar-refractivity contribution in [1.29, 1.82) is 0 Å². The number of carbonyl (C=O) groups is 2. The Bertz CT molecular complexity index is 1510. The predicted molar refractivity (Wildman–Crippen MR) is 149 cm³/mol. The minimum Gasteiger partial charge on any atom is -0.507 e. The van der Waals surface area contributed by atoms with Crippen LogP contribution in [0.3, 0.4) is 0 Å². The molecule has 1 aromatic heterocycles. The van der Waals surface area contributed by atoms with Gasteiger partial charge in [-0.2, -0.15) is 0 Å². The van der Waals surface area contributed by atoms with Crippen LogP contribution in [0.25, 0.3) is 5.76 Å². The molecule has 7 nitrogen and oxygen atoms in total. The zero-order valence-corrected chi connectivity index (χ0v) is 22.5. The van der Waals surface area contributed by atoms with Gasteiger partial charge in [0.1, 0.15) is 17.3 Å². The highest BCUT2D eigenvalue weighted by atomic mass is 32.2. The van der Waals surface area contributed by atoms with E-state index >= 15 is 0 Å². The number of thioether (sulfide) groups is 1. The Labute approximate surface area is 233 Å². The lowest BCUT2D eigenvalue weighted by molar-refractivity contribution is -0.132. The van der Waals surface area contributed by atoms with Gasteiger partial charge in [-0.15, -0.1) is 10.2 Å². The second-order valence-electron chi connectivity index (χ2n) is 8.72. The van der Waals surface area contributed by atoms with E-state index in [-0.39, 0.29) is 22.3 Å². The average Bonchev–Trinajstić information content (AvgIpc) is 3.54. The van der Waals surface area contributed by atoms with Crippen LogP contribution in [0.4, 0.5) is 9.52 Å². The third kappa shape index (κ3) is 5.71. The summed E-state index contributed by atoms with van der Waals surface area (Å²) in [6, 6.07) is 21.1. The first-order valence-electron chi connectivity index (χ1n) is 12.3. The molecule has 1 N–H and O–H groups in total. The largest absolute Gasteiger partial charge is 0.507 e. The average molecular weight is 562 g/mol. The number of benzene rings is 3. The molecule has 1 aliphatic rings. The molecule has 1 unspecified atom stereocenters. The fourth-order valence-corrected chi connectivity index (χ4v) is 5.97. The maximum absolute atomic E-state index is 13.3. The molecule has 4 aromatic rings.